The molecule has 0 radical (unpaired) electrons. The lowest BCUT2D eigenvalue weighted by molar-refractivity contribution is -0.158. The van der Waals surface area contributed by atoms with Gasteiger partial charge in [0.2, 0.25) is 11.8 Å². The minimum Gasteiger partial charge on any atom is -0.476 e. The summed E-state index contributed by atoms with van der Waals surface area (Å²) < 4.78 is 26.9. The minimum atomic E-state index is -1.59. The molecule has 1 fully saturated rings. The molecule has 214 valence electrons. The fourth-order valence-electron chi connectivity index (χ4n) is 5.76. The molecule has 11 heteroatoms. The molecule has 5 rings (SSSR count). The van der Waals surface area contributed by atoms with Crippen molar-refractivity contribution in [2.24, 2.45) is 0 Å². The van der Waals surface area contributed by atoms with Crippen molar-refractivity contribution in [3.8, 4) is 5.75 Å². The number of hydrogen-bond donors (Lipinski definition) is 2. The zero-order valence-corrected chi connectivity index (χ0v) is 24.6. The molecule has 0 aliphatic carbocycles. The van der Waals surface area contributed by atoms with Crippen molar-refractivity contribution < 1.29 is 28.2 Å². The van der Waals surface area contributed by atoms with Crippen molar-refractivity contribution in [1.82, 2.24) is 5.32 Å². The molecule has 1 saturated heterocycles. The Kier molecular flexibility index (Phi) is 7.70. The topological polar surface area (TPSA) is 93.7 Å². The average molecular weight is 620 g/mol. The molecule has 41 heavy (non-hydrogen) atoms. The second kappa shape index (κ2) is 10.8. The third-order valence-corrected chi connectivity index (χ3v) is 8.20. The van der Waals surface area contributed by atoms with Gasteiger partial charge in [0.1, 0.15) is 17.0 Å². The summed E-state index contributed by atoms with van der Waals surface area (Å²) in [5, 5.41) is 6.66. The Bertz CT molecular complexity index is 1580. The van der Waals surface area contributed by atoms with Crippen LogP contribution >= 0.6 is 34.8 Å². The average Bonchev–Trinajstić information content (AvgIpc) is 3.18. The van der Waals surface area contributed by atoms with Crippen molar-refractivity contribution in [2.75, 3.05) is 11.9 Å². The Hall–Kier alpha value is -3.33. The van der Waals surface area contributed by atoms with Gasteiger partial charge < -0.3 is 20.1 Å². The first-order valence-corrected chi connectivity index (χ1v) is 14.0. The molecule has 3 aromatic rings. The minimum absolute atomic E-state index is 0.0323. The van der Waals surface area contributed by atoms with Crippen molar-refractivity contribution in [3.05, 3.63) is 92.2 Å². The van der Waals surface area contributed by atoms with Gasteiger partial charge in [-0.2, -0.15) is 0 Å². The maximum Gasteiger partial charge on any atom is 0.349 e. The number of hydrogen-bond acceptors (Lipinski definition) is 5. The summed E-state index contributed by atoms with van der Waals surface area (Å²) >= 11 is 19.0. The van der Waals surface area contributed by atoms with Gasteiger partial charge in [-0.05, 0) is 74.9 Å². The van der Waals surface area contributed by atoms with Gasteiger partial charge >= 0.3 is 5.97 Å². The largest absolute Gasteiger partial charge is 0.476 e. The summed E-state index contributed by atoms with van der Waals surface area (Å²) in [5.41, 5.74) is -1.68. The maximum absolute atomic E-state index is 15.5. The molecule has 0 unspecified atom stereocenters. The second-order valence-corrected chi connectivity index (χ2v) is 11.8. The van der Waals surface area contributed by atoms with E-state index in [-0.39, 0.29) is 29.4 Å². The van der Waals surface area contributed by atoms with Gasteiger partial charge in [-0.1, -0.05) is 40.9 Å². The van der Waals surface area contributed by atoms with Crippen LogP contribution < -0.4 is 15.4 Å². The van der Waals surface area contributed by atoms with Gasteiger partial charge in [-0.15, -0.1) is 0 Å². The molecule has 0 bridgehead atoms. The summed E-state index contributed by atoms with van der Waals surface area (Å²) in [5.74, 6) is -2.88. The van der Waals surface area contributed by atoms with Crippen LogP contribution in [0.3, 0.4) is 0 Å². The molecule has 2 aliphatic heterocycles. The van der Waals surface area contributed by atoms with Crippen LogP contribution in [0.2, 0.25) is 15.1 Å². The van der Waals surface area contributed by atoms with Crippen LogP contribution in [0, 0.1) is 5.82 Å². The van der Waals surface area contributed by atoms with Crippen molar-refractivity contribution in [3.63, 3.8) is 0 Å². The molecule has 3 atom stereocenters. The van der Waals surface area contributed by atoms with Gasteiger partial charge in [0, 0.05) is 44.2 Å². The van der Waals surface area contributed by atoms with Crippen LogP contribution in [-0.2, 0) is 24.5 Å². The summed E-state index contributed by atoms with van der Waals surface area (Å²) in [6, 6.07) is 12.4. The lowest BCUT2D eigenvalue weighted by atomic mass is 9.59. The third kappa shape index (κ3) is 5.02. The first-order valence-electron chi connectivity index (χ1n) is 12.9. The summed E-state index contributed by atoms with van der Waals surface area (Å²) in [6.45, 7) is 4.94. The van der Waals surface area contributed by atoms with E-state index < -0.39 is 46.6 Å². The number of rotatable bonds is 6. The number of esters is 1. The highest BCUT2D eigenvalue weighted by atomic mass is 35.5. The lowest BCUT2D eigenvalue weighted by Gasteiger charge is -2.47. The van der Waals surface area contributed by atoms with Crippen molar-refractivity contribution >= 4 is 58.3 Å². The summed E-state index contributed by atoms with van der Waals surface area (Å²) in [4.78, 5) is 40.3. The van der Waals surface area contributed by atoms with Gasteiger partial charge in [0.15, 0.2) is 5.60 Å². The Labute approximate surface area is 251 Å². The van der Waals surface area contributed by atoms with E-state index >= 15 is 4.39 Å². The molecule has 7 nitrogen and oxygen atoms in total. The smallest absolute Gasteiger partial charge is 0.349 e. The highest BCUT2D eigenvalue weighted by molar-refractivity contribution is 6.31. The number of amides is 2. The monoisotopic (exact) mass is 618 g/mol. The predicted molar refractivity (Wildman–Crippen MR) is 154 cm³/mol. The second-order valence-electron chi connectivity index (χ2n) is 10.5. The Balaban J connectivity index is 1.78. The number of fused-ring (bicyclic) bond motifs is 2. The molecule has 3 aromatic carbocycles. The van der Waals surface area contributed by atoms with E-state index in [1.165, 1.54) is 18.2 Å². The zero-order valence-electron chi connectivity index (χ0n) is 22.3. The SMILES string of the molecule is CCOC(=O)C(C)(C)Oc1ccc(Cl)cc1[C@H]1CC(=O)N[C@@H](c2cc(Cl)ccc2F)[C@]12C(=O)Nc1cc(Cl)ccc12. The highest BCUT2D eigenvalue weighted by Gasteiger charge is 2.62. The van der Waals surface area contributed by atoms with Crippen LogP contribution in [-0.4, -0.2) is 30.0 Å². The number of ether oxygens (including phenoxy) is 2. The van der Waals surface area contributed by atoms with E-state index in [1.807, 2.05) is 0 Å². The number of carbonyl (C=O) groups is 3. The fourth-order valence-corrected chi connectivity index (χ4v) is 6.30. The molecule has 0 saturated carbocycles. The van der Waals surface area contributed by atoms with Crippen LogP contribution in [0.25, 0.3) is 0 Å². The van der Waals surface area contributed by atoms with Gasteiger partial charge in [-0.25, -0.2) is 9.18 Å². The van der Waals surface area contributed by atoms with E-state index in [4.69, 9.17) is 44.3 Å². The number of benzene rings is 3. The lowest BCUT2D eigenvalue weighted by Crippen LogP contribution is -2.57. The standard InChI is InChI=1S/C30H26Cl3FN2O5/c1-4-40-28(39)29(2,3)41-24-10-7-16(32)11-18(24)21-14-25(37)36-26(19-12-15(31)6-9-22(19)34)30(21)20-8-5-17(33)13-23(20)35-27(30)38/h5-13,21,26H,4,14H2,1-3H3,(H,35,38)(H,36,37)/t21-,26+,30-/m1/s1. The molecular formula is C30H26Cl3FN2O5. The molecule has 2 amide bonds. The molecule has 0 aromatic heterocycles. The first kappa shape index (κ1) is 29.2. The van der Waals surface area contributed by atoms with Crippen LogP contribution in [0.15, 0.2) is 54.6 Å². The van der Waals surface area contributed by atoms with E-state index in [0.717, 1.165) is 0 Å². The quantitative estimate of drug-likeness (QED) is 0.298. The Morgan fingerprint density at radius 3 is 2.34 bits per heavy atom. The zero-order chi connectivity index (χ0) is 29.7. The van der Waals surface area contributed by atoms with Gasteiger partial charge in [0.25, 0.3) is 0 Å². The Morgan fingerprint density at radius 1 is 1.00 bits per heavy atom. The fraction of sp³-hybridized carbons (Fsp3) is 0.300. The number of halogens is 4. The molecule has 2 aliphatic rings. The van der Waals surface area contributed by atoms with Crippen LogP contribution in [0.4, 0.5) is 10.1 Å². The van der Waals surface area contributed by atoms with Crippen LogP contribution in [0.1, 0.15) is 55.8 Å². The Morgan fingerprint density at radius 2 is 1.63 bits per heavy atom. The van der Waals surface area contributed by atoms with Crippen LogP contribution in [0.5, 0.6) is 5.75 Å². The van der Waals surface area contributed by atoms with Gasteiger partial charge in [-0.3, -0.25) is 9.59 Å². The number of nitrogens with one attached hydrogen (secondary N) is 2. The summed E-state index contributed by atoms with van der Waals surface area (Å²) in [7, 11) is 0. The summed E-state index contributed by atoms with van der Waals surface area (Å²) in [6.07, 6.45) is -0.176. The molecule has 2 heterocycles. The van der Waals surface area contributed by atoms with E-state index in [0.29, 0.717) is 26.9 Å². The number of carbonyl (C=O) groups excluding carboxylic acids is 3. The highest BCUT2D eigenvalue weighted by Crippen LogP contribution is 2.59. The molecule has 1 spiro atoms. The van der Waals surface area contributed by atoms with E-state index in [9.17, 15) is 14.4 Å². The molecular weight excluding hydrogens is 594 g/mol. The van der Waals surface area contributed by atoms with E-state index in [1.54, 1.807) is 57.2 Å². The molecule has 2 N–H and O–H groups in total. The first-order chi connectivity index (χ1) is 19.4. The number of piperidine rings is 1. The predicted octanol–water partition coefficient (Wildman–Crippen LogP) is 6.74. The normalized spacial score (nSPS) is 21.7. The number of anilines is 1. The van der Waals surface area contributed by atoms with Crippen molar-refractivity contribution in [1.29, 1.82) is 0 Å². The maximum atomic E-state index is 15.5. The van der Waals surface area contributed by atoms with Gasteiger partial charge in [0.05, 0.1) is 12.6 Å². The van der Waals surface area contributed by atoms with E-state index in [2.05, 4.69) is 10.6 Å². The van der Waals surface area contributed by atoms with Crippen molar-refractivity contribution in [2.45, 2.75) is 50.2 Å². The third-order valence-electron chi connectivity index (χ3n) is 7.50.